The van der Waals surface area contributed by atoms with Gasteiger partial charge in [-0.3, -0.25) is 4.98 Å². The summed E-state index contributed by atoms with van der Waals surface area (Å²) in [4.78, 5) is 13.0. The molecule has 8 heteroatoms. The van der Waals surface area contributed by atoms with Gasteiger partial charge in [-0.25, -0.2) is 13.8 Å². The molecular formula is C21H23F2N5O. The summed E-state index contributed by atoms with van der Waals surface area (Å²) in [6.45, 7) is 4.09. The molecule has 3 rings (SSSR count). The van der Waals surface area contributed by atoms with E-state index in [-0.39, 0.29) is 25.1 Å². The number of hydrogen-bond acceptors (Lipinski definition) is 6. The van der Waals surface area contributed by atoms with Crippen LogP contribution >= 0.6 is 0 Å². The average molecular weight is 399 g/mol. The number of aliphatic hydroxyl groups is 1. The fraction of sp³-hybridized carbons (Fsp3) is 0.286. The highest BCUT2D eigenvalue weighted by molar-refractivity contribution is 5.64. The highest BCUT2D eigenvalue weighted by atomic mass is 19.1. The monoisotopic (exact) mass is 399 g/mol. The fourth-order valence-corrected chi connectivity index (χ4v) is 2.77. The molecule has 0 aliphatic rings. The minimum Gasteiger partial charge on any atom is -0.394 e. The molecule has 0 spiro atoms. The Morgan fingerprint density at radius 1 is 1.00 bits per heavy atom. The molecule has 2 heterocycles. The van der Waals surface area contributed by atoms with E-state index in [2.05, 4.69) is 25.6 Å². The van der Waals surface area contributed by atoms with Crippen molar-refractivity contribution in [2.75, 3.05) is 17.2 Å². The standard InChI is InChI=1S/C21H23F2N5O/c1-13(2)19(12-29)27-21-26-18(15-3-5-24-6-4-15)10-20(28-21)25-11-14-7-16(22)9-17(23)8-14/h3-10,13,19,29H,11-12H2,1-2H3,(H2,25,26,27,28)/t19-/m0/s1. The summed E-state index contributed by atoms with van der Waals surface area (Å²) in [7, 11) is 0. The van der Waals surface area contributed by atoms with Crippen LogP contribution < -0.4 is 10.6 Å². The number of anilines is 2. The number of nitrogens with zero attached hydrogens (tertiary/aromatic N) is 3. The summed E-state index contributed by atoms with van der Waals surface area (Å²) in [5, 5.41) is 15.8. The van der Waals surface area contributed by atoms with E-state index in [4.69, 9.17) is 0 Å². The Labute approximate surface area is 168 Å². The first-order valence-electron chi connectivity index (χ1n) is 9.30. The summed E-state index contributed by atoms with van der Waals surface area (Å²) in [5.41, 5.74) is 1.95. The predicted octanol–water partition coefficient (Wildman–Crippen LogP) is 3.86. The molecule has 152 valence electrons. The van der Waals surface area contributed by atoms with Gasteiger partial charge < -0.3 is 15.7 Å². The average Bonchev–Trinajstić information content (AvgIpc) is 2.70. The first-order chi connectivity index (χ1) is 13.9. The zero-order valence-electron chi connectivity index (χ0n) is 16.2. The van der Waals surface area contributed by atoms with Crippen LogP contribution in [-0.2, 0) is 6.54 Å². The van der Waals surface area contributed by atoms with E-state index in [9.17, 15) is 13.9 Å². The van der Waals surface area contributed by atoms with Crippen molar-refractivity contribution in [3.8, 4) is 11.3 Å². The second kappa shape index (κ2) is 9.38. The van der Waals surface area contributed by atoms with Crippen LogP contribution in [0, 0.1) is 17.6 Å². The minimum absolute atomic E-state index is 0.0636. The van der Waals surface area contributed by atoms with Crippen molar-refractivity contribution < 1.29 is 13.9 Å². The number of halogens is 2. The Bertz CT molecular complexity index is 933. The van der Waals surface area contributed by atoms with Gasteiger partial charge in [-0.05, 0) is 35.7 Å². The lowest BCUT2D eigenvalue weighted by atomic mass is 10.1. The Balaban J connectivity index is 1.89. The normalized spacial score (nSPS) is 12.1. The SMILES string of the molecule is CC(C)[C@H](CO)Nc1nc(NCc2cc(F)cc(F)c2)cc(-c2ccncc2)n1. The topological polar surface area (TPSA) is 83.0 Å². The summed E-state index contributed by atoms with van der Waals surface area (Å²) in [6.07, 6.45) is 3.33. The molecule has 0 aliphatic heterocycles. The lowest BCUT2D eigenvalue weighted by molar-refractivity contribution is 0.248. The van der Waals surface area contributed by atoms with Crippen LogP contribution in [0.4, 0.5) is 20.5 Å². The Morgan fingerprint density at radius 2 is 1.69 bits per heavy atom. The number of benzene rings is 1. The van der Waals surface area contributed by atoms with Gasteiger partial charge in [0.15, 0.2) is 0 Å². The zero-order chi connectivity index (χ0) is 20.8. The van der Waals surface area contributed by atoms with E-state index in [0.717, 1.165) is 11.6 Å². The smallest absolute Gasteiger partial charge is 0.225 e. The molecule has 29 heavy (non-hydrogen) atoms. The number of aliphatic hydroxyl groups excluding tert-OH is 1. The van der Waals surface area contributed by atoms with Crippen molar-refractivity contribution in [2.45, 2.75) is 26.4 Å². The van der Waals surface area contributed by atoms with Gasteiger partial charge in [0.1, 0.15) is 17.5 Å². The molecule has 2 aromatic heterocycles. The Kier molecular flexibility index (Phi) is 6.66. The van der Waals surface area contributed by atoms with Gasteiger partial charge in [0, 0.05) is 36.6 Å². The molecular weight excluding hydrogens is 376 g/mol. The van der Waals surface area contributed by atoms with Crippen molar-refractivity contribution in [3.63, 3.8) is 0 Å². The molecule has 0 radical (unpaired) electrons. The maximum atomic E-state index is 13.4. The van der Waals surface area contributed by atoms with Gasteiger partial charge in [0.05, 0.1) is 18.3 Å². The van der Waals surface area contributed by atoms with Crippen LogP contribution in [0.25, 0.3) is 11.3 Å². The van der Waals surface area contributed by atoms with Crippen molar-refractivity contribution in [3.05, 3.63) is 66.0 Å². The van der Waals surface area contributed by atoms with Crippen molar-refractivity contribution in [1.82, 2.24) is 15.0 Å². The third-order valence-corrected chi connectivity index (χ3v) is 4.41. The van der Waals surface area contributed by atoms with E-state index >= 15 is 0 Å². The summed E-state index contributed by atoms with van der Waals surface area (Å²) < 4.78 is 26.9. The Hall–Kier alpha value is -3.13. The second-order valence-electron chi connectivity index (χ2n) is 7.01. The van der Waals surface area contributed by atoms with E-state index in [1.54, 1.807) is 18.5 Å². The molecule has 0 saturated carbocycles. The third-order valence-electron chi connectivity index (χ3n) is 4.41. The highest BCUT2D eigenvalue weighted by Gasteiger charge is 2.15. The summed E-state index contributed by atoms with van der Waals surface area (Å²) in [6, 6.07) is 8.54. The summed E-state index contributed by atoms with van der Waals surface area (Å²) >= 11 is 0. The molecule has 0 saturated heterocycles. The van der Waals surface area contributed by atoms with Crippen molar-refractivity contribution in [1.29, 1.82) is 0 Å². The van der Waals surface area contributed by atoms with Crippen LogP contribution in [-0.4, -0.2) is 32.7 Å². The molecule has 3 aromatic rings. The first kappa shape index (κ1) is 20.6. The molecule has 0 unspecified atom stereocenters. The van der Waals surface area contributed by atoms with E-state index < -0.39 is 11.6 Å². The van der Waals surface area contributed by atoms with Crippen molar-refractivity contribution >= 4 is 11.8 Å². The number of aromatic nitrogens is 3. The van der Waals surface area contributed by atoms with E-state index in [1.807, 2.05) is 26.0 Å². The number of hydrogen-bond donors (Lipinski definition) is 3. The largest absolute Gasteiger partial charge is 0.394 e. The quantitative estimate of drug-likeness (QED) is 0.534. The summed E-state index contributed by atoms with van der Waals surface area (Å²) in [5.74, 6) is -0.265. The van der Waals surface area contributed by atoms with Crippen LogP contribution in [0.5, 0.6) is 0 Å². The maximum absolute atomic E-state index is 13.4. The second-order valence-corrected chi connectivity index (χ2v) is 7.01. The first-order valence-corrected chi connectivity index (χ1v) is 9.30. The predicted molar refractivity (Wildman–Crippen MR) is 108 cm³/mol. The molecule has 3 N–H and O–H groups in total. The van der Waals surface area contributed by atoms with Gasteiger partial charge in [-0.1, -0.05) is 13.8 Å². The third kappa shape index (κ3) is 5.68. The number of pyridine rings is 1. The van der Waals surface area contributed by atoms with Gasteiger partial charge >= 0.3 is 0 Å². The molecule has 0 amide bonds. The minimum atomic E-state index is -0.632. The van der Waals surface area contributed by atoms with Gasteiger partial charge in [-0.2, -0.15) is 4.98 Å². The Morgan fingerprint density at radius 3 is 2.31 bits per heavy atom. The van der Waals surface area contributed by atoms with Crippen LogP contribution in [0.15, 0.2) is 48.8 Å². The zero-order valence-corrected chi connectivity index (χ0v) is 16.2. The van der Waals surface area contributed by atoms with Gasteiger partial charge in [0.25, 0.3) is 0 Å². The molecule has 1 atom stereocenters. The highest BCUT2D eigenvalue weighted by Crippen LogP contribution is 2.22. The van der Waals surface area contributed by atoms with E-state index in [0.29, 0.717) is 23.0 Å². The molecule has 6 nitrogen and oxygen atoms in total. The molecule has 1 aromatic carbocycles. The van der Waals surface area contributed by atoms with Crippen molar-refractivity contribution in [2.24, 2.45) is 5.92 Å². The van der Waals surface area contributed by atoms with Gasteiger partial charge in [0.2, 0.25) is 5.95 Å². The number of nitrogens with one attached hydrogen (secondary N) is 2. The number of rotatable bonds is 8. The maximum Gasteiger partial charge on any atom is 0.225 e. The van der Waals surface area contributed by atoms with Crippen LogP contribution in [0.2, 0.25) is 0 Å². The van der Waals surface area contributed by atoms with Crippen LogP contribution in [0.1, 0.15) is 19.4 Å². The molecule has 0 aliphatic carbocycles. The molecule has 0 fully saturated rings. The van der Waals surface area contributed by atoms with E-state index in [1.165, 1.54) is 12.1 Å². The van der Waals surface area contributed by atoms with Gasteiger partial charge in [-0.15, -0.1) is 0 Å². The fourth-order valence-electron chi connectivity index (χ4n) is 2.77. The van der Waals surface area contributed by atoms with Crippen LogP contribution in [0.3, 0.4) is 0 Å². The lowest BCUT2D eigenvalue weighted by Gasteiger charge is -2.20. The lowest BCUT2D eigenvalue weighted by Crippen LogP contribution is -2.30. The molecule has 0 bridgehead atoms.